The van der Waals surface area contributed by atoms with Gasteiger partial charge in [-0.1, -0.05) is 64.1 Å². The van der Waals surface area contributed by atoms with Crippen molar-refractivity contribution < 1.29 is 9.59 Å². The summed E-state index contributed by atoms with van der Waals surface area (Å²) in [6.45, 7) is 12.0. The van der Waals surface area contributed by atoms with Crippen LogP contribution in [0.3, 0.4) is 0 Å². The Hall–Kier alpha value is -3.34. The van der Waals surface area contributed by atoms with E-state index in [0.717, 1.165) is 54.7 Å². The number of fused-ring (bicyclic) bond motifs is 1. The minimum atomic E-state index is -0.109. The Labute approximate surface area is 209 Å². The summed E-state index contributed by atoms with van der Waals surface area (Å²) in [4.78, 5) is 30.0. The van der Waals surface area contributed by atoms with Gasteiger partial charge in [-0.2, -0.15) is 0 Å². The van der Waals surface area contributed by atoms with Crippen molar-refractivity contribution in [3.05, 3.63) is 72.3 Å². The Kier molecular flexibility index (Phi) is 7.44. The normalized spacial score (nSPS) is 15.2. The van der Waals surface area contributed by atoms with E-state index in [-0.39, 0.29) is 17.2 Å². The Morgan fingerprint density at radius 1 is 0.886 bits per heavy atom. The molecule has 0 saturated carbocycles. The topological polar surface area (TPSA) is 52.7 Å². The molecule has 5 heteroatoms. The van der Waals surface area contributed by atoms with Gasteiger partial charge in [0.25, 0.3) is 5.91 Å². The monoisotopic (exact) mass is 471 g/mol. The lowest BCUT2D eigenvalue weighted by molar-refractivity contribution is -0.132. The van der Waals surface area contributed by atoms with Crippen LogP contribution >= 0.6 is 0 Å². The molecule has 1 saturated heterocycles. The third-order valence-corrected chi connectivity index (χ3v) is 6.64. The van der Waals surface area contributed by atoms with Crippen LogP contribution in [0.2, 0.25) is 0 Å². The molecule has 3 aromatic carbocycles. The fourth-order valence-electron chi connectivity index (χ4n) is 5.14. The van der Waals surface area contributed by atoms with Crippen LogP contribution in [0.5, 0.6) is 0 Å². The van der Waals surface area contributed by atoms with Gasteiger partial charge in [-0.05, 0) is 58.9 Å². The van der Waals surface area contributed by atoms with Gasteiger partial charge in [0.15, 0.2) is 0 Å². The summed E-state index contributed by atoms with van der Waals surface area (Å²) in [5.41, 5.74) is 2.80. The molecule has 2 amide bonds. The SMILES string of the molecule is CC(CC(=O)N1CCN(c2ccc(NC(=O)c3cccc4ccccc34)cc2)CC1)CC(C)(C)C. The fraction of sp³-hybridized carbons (Fsp3) is 0.400. The van der Waals surface area contributed by atoms with Gasteiger partial charge in [0.1, 0.15) is 0 Å². The zero-order chi connectivity index (χ0) is 25.0. The molecule has 0 bridgehead atoms. The summed E-state index contributed by atoms with van der Waals surface area (Å²) < 4.78 is 0. The van der Waals surface area contributed by atoms with Crippen molar-refractivity contribution in [1.82, 2.24) is 4.90 Å². The van der Waals surface area contributed by atoms with Crippen LogP contribution in [0.25, 0.3) is 10.8 Å². The molecular formula is C30H37N3O2. The molecule has 1 N–H and O–H groups in total. The zero-order valence-corrected chi connectivity index (χ0v) is 21.4. The van der Waals surface area contributed by atoms with E-state index in [4.69, 9.17) is 0 Å². The molecule has 1 atom stereocenters. The molecule has 0 aliphatic carbocycles. The Balaban J connectivity index is 1.31. The number of benzene rings is 3. The van der Waals surface area contributed by atoms with Crippen LogP contribution in [0, 0.1) is 11.3 Å². The number of carbonyl (C=O) groups is 2. The first-order valence-corrected chi connectivity index (χ1v) is 12.6. The number of nitrogens with one attached hydrogen (secondary N) is 1. The first-order chi connectivity index (χ1) is 16.7. The molecule has 184 valence electrons. The smallest absolute Gasteiger partial charge is 0.256 e. The number of carbonyl (C=O) groups excluding carboxylic acids is 2. The molecule has 4 rings (SSSR count). The van der Waals surface area contributed by atoms with Crippen LogP contribution in [0.1, 0.15) is 50.9 Å². The second-order valence-corrected chi connectivity index (χ2v) is 11.0. The fourth-order valence-corrected chi connectivity index (χ4v) is 5.14. The van der Waals surface area contributed by atoms with Crippen molar-refractivity contribution >= 4 is 34.0 Å². The second kappa shape index (κ2) is 10.5. The van der Waals surface area contributed by atoms with Gasteiger partial charge in [-0.25, -0.2) is 0 Å². The molecule has 1 fully saturated rings. The molecule has 35 heavy (non-hydrogen) atoms. The van der Waals surface area contributed by atoms with Crippen molar-refractivity contribution in [1.29, 1.82) is 0 Å². The van der Waals surface area contributed by atoms with Gasteiger partial charge in [-0.3, -0.25) is 9.59 Å². The van der Waals surface area contributed by atoms with E-state index in [1.165, 1.54) is 0 Å². The van der Waals surface area contributed by atoms with Crippen molar-refractivity contribution in [2.24, 2.45) is 11.3 Å². The van der Waals surface area contributed by atoms with Crippen LogP contribution < -0.4 is 10.2 Å². The van der Waals surface area contributed by atoms with Gasteiger partial charge >= 0.3 is 0 Å². The van der Waals surface area contributed by atoms with Crippen molar-refractivity contribution in [3.63, 3.8) is 0 Å². The summed E-state index contributed by atoms with van der Waals surface area (Å²) in [6, 6.07) is 21.7. The maximum atomic E-state index is 12.9. The maximum Gasteiger partial charge on any atom is 0.256 e. The molecule has 1 unspecified atom stereocenters. The first kappa shape index (κ1) is 24.8. The summed E-state index contributed by atoms with van der Waals surface area (Å²) in [5, 5.41) is 5.03. The van der Waals surface area contributed by atoms with Gasteiger partial charge in [0.2, 0.25) is 5.91 Å². The van der Waals surface area contributed by atoms with E-state index in [9.17, 15) is 9.59 Å². The van der Waals surface area contributed by atoms with Crippen LogP contribution in [0.15, 0.2) is 66.7 Å². The number of anilines is 2. The number of hydrogen-bond acceptors (Lipinski definition) is 3. The third-order valence-electron chi connectivity index (χ3n) is 6.64. The largest absolute Gasteiger partial charge is 0.368 e. The number of nitrogens with zero attached hydrogens (tertiary/aromatic N) is 2. The van der Waals surface area contributed by atoms with E-state index in [2.05, 4.69) is 37.9 Å². The molecular weight excluding hydrogens is 434 g/mol. The molecule has 1 aliphatic heterocycles. The molecule has 0 spiro atoms. The molecule has 5 nitrogen and oxygen atoms in total. The van der Waals surface area contributed by atoms with Crippen molar-refractivity contribution in [2.75, 3.05) is 36.4 Å². The molecule has 1 aliphatic rings. The zero-order valence-electron chi connectivity index (χ0n) is 21.4. The van der Waals surface area contributed by atoms with E-state index >= 15 is 0 Å². The first-order valence-electron chi connectivity index (χ1n) is 12.6. The van der Waals surface area contributed by atoms with Crippen molar-refractivity contribution in [2.45, 2.75) is 40.5 Å². The average molecular weight is 472 g/mol. The predicted octanol–water partition coefficient (Wildman–Crippen LogP) is 6.20. The lowest BCUT2D eigenvalue weighted by Crippen LogP contribution is -2.49. The lowest BCUT2D eigenvalue weighted by atomic mass is 9.84. The van der Waals surface area contributed by atoms with Gasteiger partial charge in [-0.15, -0.1) is 0 Å². The summed E-state index contributed by atoms with van der Waals surface area (Å²) >= 11 is 0. The number of rotatable bonds is 6. The Bertz CT molecular complexity index is 1170. The van der Waals surface area contributed by atoms with Crippen LogP contribution in [-0.2, 0) is 4.79 Å². The molecule has 0 aromatic heterocycles. The lowest BCUT2D eigenvalue weighted by Gasteiger charge is -2.37. The summed E-state index contributed by atoms with van der Waals surface area (Å²) in [6.07, 6.45) is 1.68. The highest BCUT2D eigenvalue weighted by atomic mass is 16.2. The molecule has 1 heterocycles. The molecule has 3 aromatic rings. The third kappa shape index (κ3) is 6.41. The van der Waals surface area contributed by atoms with Gasteiger partial charge in [0, 0.05) is 49.5 Å². The number of piperazine rings is 1. The second-order valence-electron chi connectivity index (χ2n) is 11.0. The van der Waals surface area contributed by atoms with E-state index in [0.29, 0.717) is 17.9 Å². The standard InChI is InChI=1S/C30H37N3O2/c1-22(21-30(2,3)4)20-28(34)33-18-16-32(17-19-33)25-14-12-24(13-15-25)31-29(35)27-11-7-9-23-8-5-6-10-26(23)27/h5-15,22H,16-21H2,1-4H3,(H,31,35). The highest BCUT2D eigenvalue weighted by Gasteiger charge is 2.24. The van der Waals surface area contributed by atoms with E-state index in [1.807, 2.05) is 71.6 Å². The van der Waals surface area contributed by atoms with Crippen LogP contribution in [0.4, 0.5) is 11.4 Å². The minimum Gasteiger partial charge on any atom is -0.368 e. The van der Waals surface area contributed by atoms with E-state index < -0.39 is 0 Å². The Morgan fingerprint density at radius 2 is 1.54 bits per heavy atom. The highest BCUT2D eigenvalue weighted by Crippen LogP contribution is 2.27. The average Bonchev–Trinajstić information content (AvgIpc) is 2.83. The highest BCUT2D eigenvalue weighted by molar-refractivity contribution is 6.12. The predicted molar refractivity (Wildman–Crippen MR) is 145 cm³/mol. The van der Waals surface area contributed by atoms with Gasteiger partial charge < -0.3 is 15.1 Å². The Morgan fingerprint density at radius 3 is 2.23 bits per heavy atom. The van der Waals surface area contributed by atoms with Crippen molar-refractivity contribution in [3.8, 4) is 0 Å². The molecule has 0 radical (unpaired) electrons. The summed E-state index contributed by atoms with van der Waals surface area (Å²) in [7, 11) is 0. The van der Waals surface area contributed by atoms with Gasteiger partial charge in [0.05, 0.1) is 0 Å². The number of hydrogen-bond donors (Lipinski definition) is 1. The van der Waals surface area contributed by atoms with Crippen LogP contribution in [-0.4, -0.2) is 42.9 Å². The number of amides is 2. The summed E-state index contributed by atoms with van der Waals surface area (Å²) in [5.74, 6) is 0.562. The maximum absolute atomic E-state index is 12.9. The quantitative estimate of drug-likeness (QED) is 0.465. The minimum absolute atomic E-state index is 0.109. The van der Waals surface area contributed by atoms with E-state index in [1.54, 1.807) is 0 Å².